The number of benzene rings is 2. The summed E-state index contributed by atoms with van der Waals surface area (Å²) in [5.74, 6) is -0.406. The largest absolute Gasteiger partial charge is 0.507 e. The molecule has 0 radical (unpaired) electrons. The Labute approximate surface area is 144 Å². The third-order valence-corrected chi connectivity index (χ3v) is 3.56. The summed E-state index contributed by atoms with van der Waals surface area (Å²) in [6, 6.07) is 9.34. The number of nitrogens with one attached hydrogen (secondary N) is 1. The van der Waals surface area contributed by atoms with Crippen LogP contribution in [0.15, 0.2) is 47.3 Å². The second-order valence-electron chi connectivity index (χ2n) is 5.22. The Morgan fingerprint density at radius 1 is 1.12 bits per heavy atom. The maximum Gasteiger partial charge on any atom is 0.295 e. The van der Waals surface area contributed by atoms with Crippen molar-refractivity contribution in [3.05, 3.63) is 84.3 Å². The molecule has 0 amide bonds. The van der Waals surface area contributed by atoms with Crippen LogP contribution in [0.5, 0.6) is 0 Å². The van der Waals surface area contributed by atoms with Gasteiger partial charge in [-0.05, 0) is 6.07 Å². The van der Waals surface area contributed by atoms with E-state index < -0.39 is 21.2 Å². The lowest BCUT2D eigenvalue weighted by atomic mass is 10.1. The van der Waals surface area contributed by atoms with Gasteiger partial charge in [0.2, 0.25) is 0 Å². The van der Waals surface area contributed by atoms with Gasteiger partial charge in [-0.15, -0.1) is 0 Å². The first-order valence-electron chi connectivity index (χ1n) is 7.20. The van der Waals surface area contributed by atoms with Crippen LogP contribution in [0.1, 0.15) is 11.3 Å². The molecule has 3 aromatic rings. The highest BCUT2D eigenvalue weighted by molar-refractivity contribution is 5.85. The van der Waals surface area contributed by atoms with Gasteiger partial charge in [-0.2, -0.15) is 0 Å². The summed E-state index contributed by atoms with van der Waals surface area (Å²) >= 11 is 0. The summed E-state index contributed by atoms with van der Waals surface area (Å²) in [5, 5.41) is 32.0. The zero-order valence-electron chi connectivity index (χ0n) is 12.9. The Kier molecular flexibility index (Phi) is 4.15. The van der Waals surface area contributed by atoms with Crippen molar-refractivity contribution in [2.75, 3.05) is 0 Å². The number of nitro benzene ring substituents is 2. The van der Waals surface area contributed by atoms with Gasteiger partial charge in [0.1, 0.15) is 17.0 Å². The quantitative estimate of drug-likeness (QED) is 0.415. The number of hydrogen-bond acceptors (Lipinski definition) is 7. The van der Waals surface area contributed by atoms with Crippen molar-refractivity contribution in [1.82, 2.24) is 9.97 Å². The fraction of sp³-hybridized carbons (Fsp3) is 0. The molecule has 130 valence electrons. The lowest BCUT2D eigenvalue weighted by Crippen LogP contribution is -2.13. The van der Waals surface area contributed by atoms with Crippen molar-refractivity contribution in [3.8, 4) is 0 Å². The number of non-ortho nitro benzene ring substituents is 2. The predicted octanol–water partition coefficient (Wildman–Crippen LogP) is 2.80. The van der Waals surface area contributed by atoms with Crippen molar-refractivity contribution in [1.29, 1.82) is 0 Å². The number of aliphatic hydroxyl groups is 1. The van der Waals surface area contributed by atoms with Crippen LogP contribution in [0.2, 0.25) is 0 Å². The molecule has 0 aliphatic carbocycles. The van der Waals surface area contributed by atoms with Crippen LogP contribution in [0.3, 0.4) is 0 Å². The van der Waals surface area contributed by atoms with Crippen LogP contribution in [0.25, 0.3) is 22.9 Å². The number of nitrogens with zero attached hydrogens (tertiary/aromatic N) is 3. The van der Waals surface area contributed by atoms with E-state index in [0.717, 1.165) is 12.1 Å². The fourth-order valence-electron chi connectivity index (χ4n) is 2.35. The number of aromatic amines is 1. The van der Waals surface area contributed by atoms with Crippen molar-refractivity contribution >= 4 is 34.2 Å². The molecule has 2 N–H and O–H groups in total. The van der Waals surface area contributed by atoms with Gasteiger partial charge < -0.3 is 10.1 Å². The number of para-hydroxylation sites is 1. The van der Waals surface area contributed by atoms with Gasteiger partial charge in [0.05, 0.1) is 15.4 Å². The molecule has 0 unspecified atom stereocenters. The van der Waals surface area contributed by atoms with Gasteiger partial charge in [0, 0.05) is 29.8 Å². The van der Waals surface area contributed by atoms with Crippen LogP contribution in [-0.4, -0.2) is 24.9 Å². The lowest BCUT2D eigenvalue weighted by molar-refractivity contribution is -0.384. The molecule has 0 atom stereocenters. The molecule has 0 bridgehead atoms. The Hall–Kier alpha value is -4.08. The molecule has 0 fully saturated rings. The van der Waals surface area contributed by atoms with Crippen molar-refractivity contribution in [2.45, 2.75) is 0 Å². The molecule has 0 aliphatic rings. The fourth-order valence-corrected chi connectivity index (χ4v) is 2.35. The van der Waals surface area contributed by atoms with E-state index in [4.69, 9.17) is 0 Å². The molecule has 0 spiro atoms. The summed E-state index contributed by atoms with van der Waals surface area (Å²) in [5.41, 5.74) is -1.21. The molecule has 2 aromatic carbocycles. The molecule has 1 aromatic heterocycles. The second kappa shape index (κ2) is 6.43. The van der Waals surface area contributed by atoms with E-state index in [0.29, 0.717) is 0 Å². The Bertz CT molecular complexity index is 1140. The van der Waals surface area contributed by atoms with E-state index in [1.165, 1.54) is 36.4 Å². The average Bonchev–Trinajstić information content (AvgIpc) is 2.61. The molecule has 10 heteroatoms. The Balaban J connectivity index is 2.11. The highest BCUT2D eigenvalue weighted by Gasteiger charge is 2.15. The van der Waals surface area contributed by atoms with Crippen molar-refractivity contribution in [3.63, 3.8) is 0 Å². The smallest absolute Gasteiger partial charge is 0.295 e. The predicted molar refractivity (Wildman–Crippen MR) is 92.6 cm³/mol. The van der Waals surface area contributed by atoms with E-state index in [1.54, 1.807) is 0 Å². The van der Waals surface area contributed by atoms with Crippen LogP contribution >= 0.6 is 0 Å². The number of fused-ring (bicyclic) bond motifs is 1. The zero-order chi connectivity index (χ0) is 18.8. The van der Waals surface area contributed by atoms with Crippen LogP contribution in [0.4, 0.5) is 11.4 Å². The number of aliphatic hydroxyl groups excluding tert-OH is 1. The van der Waals surface area contributed by atoms with Gasteiger partial charge in [0.25, 0.3) is 16.9 Å². The lowest BCUT2D eigenvalue weighted by Gasteiger charge is -2.02. The number of hydrogen-bond donors (Lipinski definition) is 2. The summed E-state index contributed by atoms with van der Waals surface area (Å²) in [7, 11) is 0. The molecule has 0 aliphatic heterocycles. The van der Waals surface area contributed by atoms with E-state index in [-0.39, 0.29) is 33.7 Å². The highest BCUT2D eigenvalue weighted by atomic mass is 16.6. The van der Waals surface area contributed by atoms with Gasteiger partial charge >= 0.3 is 0 Å². The average molecular weight is 354 g/mol. The molecule has 1 heterocycles. The van der Waals surface area contributed by atoms with Gasteiger partial charge in [-0.3, -0.25) is 25.0 Å². The standard InChI is InChI=1S/C16H10N4O6/c21-14(9-3-1-4-10(7-9)19(23)24)8-12-16(22)18-15-11(17-12)5-2-6-13(15)20(25)26/h1-8,21H,(H,18,22). The Morgan fingerprint density at radius 3 is 2.54 bits per heavy atom. The molecule has 0 saturated carbocycles. The van der Waals surface area contributed by atoms with E-state index in [2.05, 4.69) is 9.97 Å². The highest BCUT2D eigenvalue weighted by Crippen LogP contribution is 2.22. The molecule has 3 rings (SSSR count). The van der Waals surface area contributed by atoms with Crippen LogP contribution in [0, 0.1) is 20.2 Å². The number of H-pyrrole nitrogens is 1. The molecule has 26 heavy (non-hydrogen) atoms. The van der Waals surface area contributed by atoms with Crippen LogP contribution < -0.4 is 5.56 Å². The van der Waals surface area contributed by atoms with Gasteiger partial charge in [0.15, 0.2) is 0 Å². The van der Waals surface area contributed by atoms with Crippen molar-refractivity contribution in [2.24, 2.45) is 0 Å². The zero-order valence-corrected chi connectivity index (χ0v) is 12.9. The topological polar surface area (TPSA) is 152 Å². The summed E-state index contributed by atoms with van der Waals surface area (Å²) in [6.45, 7) is 0. The number of rotatable bonds is 4. The maximum atomic E-state index is 12.1. The molecule has 0 saturated heterocycles. The van der Waals surface area contributed by atoms with Crippen molar-refractivity contribution < 1.29 is 15.0 Å². The summed E-state index contributed by atoms with van der Waals surface area (Å²) in [4.78, 5) is 39.1. The maximum absolute atomic E-state index is 12.1. The SMILES string of the molecule is O=c1[nH]c2c([N+](=O)[O-])cccc2nc1C=C(O)c1cccc([N+](=O)[O-])c1. The van der Waals surface area contributed by atoms with Gasteiger partial charge in [-0.25, -0.2) is 4.98 Å². The van der Waals surface area contributed by atoms with Gasteiger partial charge in [-0.1, -0.05) is 18.2 Å². The minimum Gasteiger partial charge on any atom is -0.507 e. The van der Waals surface area contributed by atoms with E-state index in [1.807, 2.05) is 0 Å². The molecule has 10 nitrogen and oxygen atoms in total. The first-order chi connectivity index (χ1) is 12.4. The summed E-state index contributed by atoms with van der Waals surface area (Å²) < 4.78 is 0. The minimum atomic E-state index is -0.746. The minimum absolute atomic E-state index is 0.0329. The number of nitro groups is 2. The van der Waals surface area contributed by atoms with E-state index in [9.17, 15) is 30.1 Å². The third kappa shape index (κ3) is 3.11. The first kappa shape index (κ1) is 16.8. The monoisotopic (exact) mass is 354 g/mol. The molecular weight excluding hydrogens is 344 g/mol. The van der Waals surface area contributed by atoms with E-state index >= 15 is 0 Å². The Morgan fingerprint density at radius 2 is 1.85 bits per heavy atom. The first-order valence-corrected chi connectivity index (χ1v) is 7.20. The number of aromatic nitrogens is 2. The van der Waals surface area contributed by atoms with Crippen LogP contribution in [-0.2, 0) is 0 Å². The normalized spacial score (nSPS) is 11.5. The summed E-state index contributed by atoms with van der Waals surface area (Å²) in [6.07, 6.45) is 1.04. The third-order valence-electron chi connectivity index (χ3n) is 3.56. The second-order valence-corrected chi connectivity index (χ2v) is 5.22. The molecular formula is C16H10N4O6.